The summed E-state index contributed by atoms with van der Waals surface area (Å²) in [7, 11) is 4.02. The maximum absolute atomic E-state index is 10.0. The van der Waals surface area contributed by atoms with Crippen molar-refractivity contribution in [2.24, 2.45) is 0 Å². The maximum Gasteiger partial charge on any atom is 0.121 e. The molecule has 1 aromatic carbocycles. The molecular weight excluding hydrogens is 308 g/mol. The zero-order valence-corrected chi connectivity index (χ0v) is 14.2. The summed E-state index contributed by atoms with van der Waals surface area (Å²) in [4.78, 5) is 2.05. The Balaban J connectivity index is 1.42. The van der Waals surface area contributed by atoms with Crippen LogP contribution in [0.3, 0.4) is 0 Å². The molecule has 2 heterocycles. The Morgan fingerprint density at radius 1 is 1.38 bits per heavy atom. The van der Waals surface area contributed by atoms with Crippen LogP contribution < -0.4 is 9.64 Å². The van der Waals surface area contributed by atoms with E-state index in [9.17, 15) is 5.11 Å². The first-order valence-electron chi connectivity index (χ1n) is 8.13. The average Bonchev–Trinajstić information content (AvgIpc) is 2.97. The molecule has 1 saturated heterocycles. The van der Waals surface area contributed by atoms with E-state index in [0.29, 0.717) is 26.2 Å². The van der Waals surface area contributed by atoms with Crippen molar-refractivity contribution in [1.82, 2.24) is 15.0 Å². The molecule has 3 rings (SSSR count). The molecule has 0 spiro atoms. The molecular formula is C17H24N4O3. The van der Waals surface area contributed by atoms with Gasteiger partial charge >= 0.3 is 0 Å². The molecule has 0 saturated carbocycles. The summed E-state index contributed by atoms with van der Waals surface area (Å²) in [5.41, 5.74) is 1.15. The highest BCUT2D eigenvalue weighted by molar-refractivity contribution is 5.49. The number of rotatable bonds is 8. The molecule has 7 heteroatoms. The largest absolute Gasteiger partial charge is 0.493 e. The monoisotopic (exact) mass is 332 g/mol. The molecule has 0 unspecified atom stereocenters. The lowest BCUT2D eigenvalue weighted by Crippen LogP contribution is -2.51. The lowest BCUT2D eigenvalue weighted by Gasteiger charge is -2.35. The fourth-order valence-corrected chi connectivity index (χ4v) is 2.57. The van der Waals surface area contributed by atoms with Crippen LogP contribution >= 0.6 is 0 Å². The standard InChI is InChI=1S/C17H24N4O3/c1-20(2)15-5-3-6-16(9-15)24-8-4-7-21-11-14(18-19-21)10-17(22)12-23-13-17/h3,5-6,9,11,22H,4,7-8,10,12-13H2,1-2H3. The second-order valence-electron chi connectivity index (χ2n) is 6.46. The van der Waals surface area contributed by atoms with Crippen molar-refractivity contribution < 1.29 is 14.6 Å². The van der Waals surface area contributed by atoms with Gasteiger partial charge in [-0.25, -0.2) is 0 Å². The molecule has 0 bridgehead atoms. The maximum atomic E-state index is 10.0. The number of aliphatic hydroxyl groups is 1. The first-order valence-corrected chi connectivity index (χ1v) is 8.13. The van der Waals surface area contributed by atoms with Gasteiger partial charge in [0.05, 0.1) is 25.5 Å². The summed E-state index contributed by atoms with van der Waals surface area (Å²) in [5, 5.41) is 18.2. The molecule has 0 radical (unpaired) electrons. The first-order chi connectivity index (χ1) is 11.5. The molecule has 0 amide bonds. The van der Waals surface area contributed by atoms with Crippen LogP contribution in [-0.4, -0.2) is 59.6 Å². The Morgan fingerprint density at radius 3 is 2.92 bits per heavy atom. The molecule has 24 heavy (non-hydrogen) atoms. The van der Waals surface area contributed by atoms with E-state index in [1.165, 1.54) is 0 Å². The van der Waals surface area contributed by atoms with Gasteiger partial charge in [0.2, 0.25) is 0 Å². The fraction of sp³-hybridized carbons (Fsp3) is 0.529. The van der Waals surface area contributed by atoms with Gasteiger partial charge in [0, 0.05) is 51.4 Å². The molecule has 0 aliphatic carbocycles. The lowest BCUT2D eigenvalue weighted by molar-refractivity contribution is -0.177. The van der Waals surface area contributed by atoms with Crippen molar-refractivity contribution in [2.45, 2.75) is 25.0 Å². The third kappa shape index (κ3) is 4.24. The summed E-state index contributed by atoms with van der Waals surface area (Å²) in [6.45, 7) is 2.10. The quantitative estimate of drug-likeness (QED) is 0.730. The molecule has 2 aromatic rings. The molecule has 1 N–H and O–H groups in total. The fourth-order valence-electron chi connectivity index (χ4n) is 2.57. The molecule has 1 aliphatic rings. The number of aromatic nitrogens is 3. The van der Waals surface area contributed by atoms with Crippen molar-refractivity contribution in [3.63, 3.8) is 0 Å². The van der Waals surface area contributed by atoms with Crippen LogP contribution in [0.1, 0.15) is 12.1 Å². The number of hydrogen-bond donors (Lipinski definition) is 1. The smallest absolute Gasteiger partial charge is 0.121 e. The zero-order chi connectivity index (χ0) is 17.0. The van der Waals surface area contributed by atoms with Crippen molar-refractivity contribution >= 4 is 5.69 Å². The average molecular weight is 332 g/mol. The summed E-state index contributed by atoms with van der Waals surface area (Å²) in [6, 6.07) is 8.02. The van der Waals surface area contributed by atoms with Crippen LogP contribution in [0.2, 0.25) is 0 Å². The van der Waals surface area contributed by atoms with Gasteiger partial charge in [0.25, 0.3) is 0 Å². The minimum Gasteiger partial charge on any atom is -0.493 e. The number of hydrogen-bond acceptors (Lipinski definition) is 6. The van der Waals surface area contributed by atoms with Crippen LogP contribution in [0, 0.1) is 0 Å². The number of ether oxygens (including phenoxy) is 2. The predicted octanol–water partition coefficient (Wildman–Crippen LogP) is 1.12. The molecule has 0 atom stereocenters. The Labute approximate surface area is 141 Å². The van der Waals surface area contributed by atoms with E-state index >= 15 is 0 Å². The van der Waals surface area contributed by atoms with Crippen LogP contribution in [-0.2, 0) is 17.7 Å². The van der Waals surface area contributed by atoms with Gasteiger partial charge < -0.3 is 19.5 Å². The van der Waals surface area contributed by atoms with Crippen LogP contribution in [0.5, 0.6) is 5.75 Å². The zero-order valence-electron chi connectivity index (χ0n) is 14.2. The van der Waals surface area contributed by atoms with Crippen molar-refractivity contribution in [3.8, 4) is 5.75 Å². The third-order valence-corrected chi connectivity index (χ3v) is 3.97. The topological polar surface area (TPSA) is 72.6 Å². The van der Waals surface area contributed by atoms with Crippen LogP contribution in [0.4, 0.5) is 5.69 Å². The number of benzene rings is 1. The van der Waals surface area contributed by atoms with E-state index in [0.717, 1.165) is 30.1 Å². The predicted molar refractivity (Wildman–Crippen MR) is 90.4 cm³/mol. The van der Waals surface area contributed by atoms with E-state index < -0.39 is 5.60 Å². The van der Waals surface area contributed by atoms with Crippen molar-refractivity contribution in [2.75, 3.05) is 38.8 Å². The normalized spacial score (nSPS) is 15.8. The van der Waals surface area contributed by atoms with E-state index in [-0.39, 0.29) is 0 Å². The summed E-state index contributed by atoms with van der Waals surface area (Å²) >= 11 is 0. The Morgan fingerprint density at radius 2 is 2.21 bits per heavy atom. The number of aryl methyl sites for hydroxylation is 1. The number of nitrogens with zero attached hydrogens (tertiary/aromatic N) is 4. The van der Waals surface area contributed by atoms with E-state index in [1.54, 1.807) is 4.68 Å². The van der Waals surface area contributed by atoms with Gasteiger partial charge in [0.1, 0.15) is 11.4 Å². The SMILES string of the molecule is CN(C)c1cccc(OCCCn2cc(CC3(O)COC3)nn2)c1. The van der Waals surface area contributed by atoms with Gasteiger partial charge in [0.15, 0.2) is 0 Å². The van der Waals surface area contributed by atoms with Crippen LogP contribution in [0.15, 0.2) is 30.5 Å². The first kappa shape index (κ1) is 16.7. The summed E-state index contributed by atoms with van der Waals surface area (Å²) in [6.07, 6.45) is 3.20. The molecule has 130 valence electrons. The minimum atomic E-state index is -0.762. The Hall–Kier alpha value is -2.12. The molecule has 1 aromatic heterocycles. The van der Waals surface area contributed by atoms with Gasteiger partial charge in [-0.05, 0) is 12.1 Å². The Bertz CT molecular complexity index is 667. The van der Waals surface area contributed by atoms with Crippen LogP contribution in [0.25, 0.3) is 0 Å². The molecule has 1 aliphatic heterocycles. The summed E-state index contributed by atoms with van der Waals surface area (Å²) in [5.74, 6) is 0.868. The lowest BCUT2D eigenvalue weighted by atomic mass is 9.96. The molecule has 1 fully saturated rings. The highest BCUT2D eigenvalue weighted by Gasteiger charge is 2.36. The minimum absolute atomic E-state index is 0.375. The van der Waals surface area contributed by atoms with E-state index in [2.05, 4.69) is 10.3 Å². The van der Waals surface area contributed by atoms with Gasteiger partial charge in [-0.2, -0.15) is 0 Å². The van der Waals surface area contributed by atoms with Gasteiger partial charge in [-0.3, -0.25) is 4.68 Å². The van der Waals surface area contributed by atoms with E-state index in [1.807, 2.05) is 49.5 Å². The second kappa shape index (κ2) is 7.19. The highest BCUT2D eigenvalue weighted by atomic mass is 16.5. The summed E-state index contributed by atoms with van der Waals surface area (Å²) < 4.78 is 12.6. The van der Waals surface area contributed by atoms with Crippen molar-refractivity contribution in [3.05, 3.63) is 36.2 Å². The van der Waals surface area contributed by atoms with E-state index in [4.69, 9.17) is 9.47 Å². The highest BCUT2D eigenvalue weighted by Crippen LogP contribution is 2.21. The van der Waals surface area contributed by atoms with Gasteiger partial charge in [-0.15, -0.1) is 5.10 Å². The number of anilines is 1. The molecule has 7 nitrogen and oxygen atoms in total. The third-order valence-electron chi connectivity index (χ3n) is 3.97. The van der Waals surface area contributed by atoms with Crippen molar-refractivity contribution in [1.29, 1.82) is 0 Å². The second-order valence-corrected chi connectivity index (χ2v) is 6.46. The Kier molecular flexibility index (Phi) is 5.01. The van der Waals surface area contributed by atoms with Gasteiger partial charge in [-0.1, -0.05) is 11.3 Å².